The van der Waals surface area contributed by atoms with E-state index in [1.165, 1.54) is 0 Å². The molecule has 3 rings (SSSR count). The number of hydrogen-bond donors (Lipinski definition) is 2. The number of aryl methyl sites for hydroxylation is 1. The van der Waals surface area contributed by atoms with Crippen molar-refractivity contribution in [3.05, 3.63) is 64.6 Å². The average molecular weight is 352 g/mol. The molecule has 6 heteroatoms. The maximum absolute atomic E-state index is 12.1. The zero-order valence-electron chi connectivity index (χ0n) is 14.7. The quantitative estimate of drug-likeness (QED) is 0.666. The van der Waals surface area contributed by atoms with Crippen LogP contribution in [0.3, 0.4) is 0 Å². The highest BCUT2D eigenvalue weighted by molar-refractivity contribution is 5.72. The van der Waals surface area contributed by atoms with Crippen LogP contribution in [0.25, 0.3) is 22.5 Å². The molecule has 0 aliphatic rings. The van der Waals surface area contributed by atoms with E-state index in [4.69, 9.17) is 9.47 Å². The first kappa shape index (κ1) is 17.7. The van der Waals surface area contributed by atoms with Gasteiger partial charge in [0.1, 0.15) is 18.1 Å². The molecule has 134 valence electrons. The standard InChI is InChI=1S/C20H20N2O4/c1-13-11-14(7-8-18(13)23)16-12-17(22-20(24)21-16)15-5-3-4-6-19(15)26-10-9-25-2/h3-8,11-12,23H,9-10H2,1-2H3,(H,21,22,24). The molecule has 2 N–H and O–H groups in total. The maximum atomic E-state index is 12.1. The Hall–Kier alpha value is -3.12. The minimum Gasteiger partial charge on any atom is -0.508 e. The SMILES string of the molecule is COCCOc1ccccc1-c1cc(-c2ccc(O)c(C)c2)nc(=O)[nH]1. The van der Waals surface area contributed by atoms with Crippen molar-refractivity contribution < 1.29 is 14.6 Å². The number of H-pyrrole nitrogens is 1. The fourth-order valence-electron chi connectivity index (χ4n) is 2.62. The van der Waals surface area contributed by atoms with E-state index in [-0.39, 0.29) is 5.75 Å². The second kappa shape index (κ2) is 7.84. The average Bonchev–Trinajstić information content (AvgIpc) is 2.64. The first-order chi connectivity index (χ1) is 12.6. The Labute approximate surface area is 151 Å². The van der Waals surface area contributed by atoms with Crippen molar-refractivity contribution in [2.75, 3.05) is 20.3 Å². The number of nitrogens with one attached hydrogen (secondary N) is 1. The van der Waals surface area contributed by atoms with E-state index in [1.54, 1.807) is 38.3 Å². The maximum Gasteiger partial charge on any atom is 0.345 e. The van der Waals surface area contributed by atoms with Gasteiger partial charge in [0.15, 0.2) is 0 Å². The molecule has 26 heavy (non-hydrogen) atoms. The Morgan fingerprint density at radius 2 is 1.92 bits per heavy atom. The monoisotopic (exact) mass is 352 g/mol. The molecule has 0 saturated carbocycles. The molecule has 0 amide bonds. The third kappa shape index (κ3) is 3.92. The molecule has 2 aromatic carbocycles. The highest BCUT2D eigenvalue weighted by Crippen LogP contribution is 2.30. The van der Waals surface area contributed by atoms with Crippen molar-refractivity contribution >= 4 is 0 Å². The van der Waals surface area contributed by atoms with Crippen molar-refractivity contribution in [1.29, 1.82) is 0 Å². The van der Waals surface area contributed by atoms with Crippen LogP contribution < -0.4 is 10.4 Å². The number of nitrogens with zero attached hydrogens (tertiary/aromatic N) is 1. The molecular weight excluding hydrogens is 332 g/mol. The van der Waals surface area contributed by atoms with Gasteiger partial charge in [-0.15, -0.1) is 0 Å². The van der Waals surface area contributed by atoms with E-state index in [0.29, 0.717) is 30.4 Å². The molecule has 1 aromatic heterocycles. The molecule has 0 unspecified atom stereocenters. The summed E-state index contributed by atoms with van der Waals surface area (Å²) in [6.07, 6.45) is 0. The van der Waals surface area contributed by atoms with Crippen molar-refractivity contribution in [3.63, 3.8) is 0 Å². The number of ether oxygens (including phenoxy) is 2. The number of rotatable bonds is 6. The van der Waals surface area contributed by atoms with E-state index >= 15 is 0 Å². The van der Waals surface area contributed by atoms with Crippen LogP contribution >= 0.6 is 0 Å². The summed E-state index contributed by atoms with van der Waals surface area (Å²) >= 11 is 0. The number of benzene rings is 2. The first-order valence-electron chi connectivity index (χ1n) is 8.21. The molecule has 0 radical (unpaired) electrons. The van der Waals surface area contributed by atoms with Crippen LogP contribution in [0.5, 0.6) is 11.5 Å². The largest absolute Gasteiger partial charge is 0.508 e. The number of aromatic hydroxyl groups is 1. The second-order valence-electron chi connectivity index (χ2n) is 5.82. The Morgan fingerprint density at radius 3 is 2.69 bits per heavy atom. The van der Waals surface area contributed by atoms with E-state index < -0.39 is 5.69 Å². The lowest BCUT2D eigenvalue weighted by Gasteiger charge is -2.12. The van der Waals surface area contributed by atoms with Crippen LogP contribution in [0.2, 0.25) is 0 Å². The summed E-state index contributed by atoms with van der Waals surface area (Å²) in [5, 5.41) is 9.70. The molecule has 0 aliphatic heterocycles. The predicted octanol–water partition coefficient (Wildman–Crippen LogP) is 3.14. The zero-order valence-corrected chi connectivity index (χ0v) is 14.7. The van der Waals surface area contributed by atoms with Gasteiger partial charge < -0.3 is 19.6 Å². The number of methoxy groups -OCH3 is 1. The second-order valence-corrected chi connectivity index (χ2v) is 5.82. The van der Waals surface area contributed by atoms with Crippen LogP contribution in [0.15, 0.2) is 53.3 Å². The number of aromatic nitrogens is 2. The van der Waals surface area contributed by atoms with Gasteiger partial charge >= 0.3 is 5.69 Å². The molecule has 1 heterocycles. The summed E-state index contributed by atoms with van der Waals surface area (Å²) in [5.74, 6) is 0.856. The van der Waals surface area contributed by atoms with Gasteiger partial charge in [-0.1, -0.05) is 12.1 Å². The van der Waals surface area contributed by atoms with Gasteiger partial charge in [0, 0.05) is 18.2 Å². The summed E-state index contributed by atoms with van der Waals surface area (Å²) in [7, 11) is 1.61. The fourth-order valence-corrected chi connectivity index (χ4v) is 2.62. The van der Waals surface area contributed by atoms with Crippen molar-refractivity contribution in [1.82, 2.24) is 9.97 Å². The molecular formula is C20H20N2O4. The number of hydrogen-bond acceptors (Lipinski definition) is 5. The number of phenols is 1. The summed E-state index contributed by atoms with van der Waals surface area (Å²) in [6.45, 7) is 2.68. The number of phenolic OH excluding ortho intramolecular Hbond substituents is 1. The van der Waals surface area contributed by atoms with E-state index in [2.05, 4.69) is 9.97 Å². The van der Waals surface area contributed by atoms with Gasteiger partial charge in [-0.05, 0) is 48.9 Å². The summed E-state index contributed by atoms with van der Waals surface area (Å²) in [4.78, 5) is 18.9. The Bertz CT molecular complexity index is 966. The first-order valence-corrected chi connectivity index (χ1v) is 8.21. The van der Waals surface area contributed by atoms with Crippen LogP contribution in [0.4, 0.5) is 0 Å². The van der Waals surface area contributed by atoms with Crippen LogP contribution in [0, 0.1) is 6.92 Å². The van der Waals surface area contributed by atoms with Crippen molar-refractivity contribution in [2.45, 2.75) is 6.92 Å². The third-order valence-electron chi connectivity index (χ3n) is 3.96. The Morgan fingerprint density at radius 1 is 1.12 bits per heavy atom. The molecule has 0 saturated heterocycles. The highest BCUT2D eigenvalue weighted by Gasteiger charge is 2.11. The minimum absolute atomic E-state index is 0.204. The number of aromatic amines is 1. The van der Waals surface area contributed by atoms with Crippen LogP contribution in [0.1, 0.15) is 5.56 Å². The number of para-hydroxylation sites is 1. The van der Waals surface area contributed by atoms with Gasteiger partial charge in [-0.25, -0.2) is 4.79 Å². The molecule has 0 fully saturated rings. The molecule has 0 atom stereocenters. The zero-order chi connectivity index (χ0) is 18.5. The molecule has 0 bridgehead atoms. The normalized spacial score (nSPS) is 10.7. The van der Waals surface area contributed by atoms with Crippen LogP contribution in [-0.2, 0) is 4.74 Å². The van der Waals surface area contributed by atoms with E-state index in [9.17, 15) is 9.90 Å². The lowest BCUT2D eigenvalue weighted by atomic mass is 10.0. The van der Waals surface area contributed by atoms with Gasteiger partial charge in [0.25, 0.3) is 0 Å². The van der Waals surface area contributed by atoms with Gasteiger partial charge in [0.2, 0.25) is 0 Å². The van der Waals surface area contributed by atoms with Gasteiger partial charge in [0.05, 0.1) is 18.0 Å². The summed E-state index contributed by atoms with van der Waals surface area (Å²) < 4.78 is 10.8. The molecule has 3 aromatic rings. The lowest BCUT2D eigenvalue weighted by molar-refractivity contribution is 0.146. The molecule has 6 nitrogen and oxygen atoms in total. The minimum atomic E-state index is -0.449. The Balaban J connectivity index is 2.03. The smallest absolute Gasteiger partial charge is 0.345 e. The highest BCUT2D eigenvalue weighted by atomic mass is 16.5. The molecule has 0 aliphatic carbocycles. The van der Waals surface area contributed by atoms with E-state index in [1.807, 2.05) is 24.3 Å². The van der Waals surface area contributed by atoms with Crippen molar-refractivity contribution in [3.8, 4) is 34.0 Å². The van der Waals surface area contributed by atoms with Gasteiger partial charge in [-0.3, -0.25) is 0 Å². The summed E-state index contributed by atoms with van der Waals surface area (Å²) in [6, 6.07) is 14.4. The fraction of sp³-hybridized carbons (Fsp3) is 0.200. The topological polar surface area (TPSA) is 84.4 Å². The van der Waals surface area contributed by atoms with E-state index in [0.717, 1.165) is 16.7 Å². The van der Waals surface area contributed by atoms with Crippen molar-refractivity contribution in [2.24, 2.45) is 0 Å². The predicted molar refractivity (Wildman–Crippen MR) is 99.5 cm³/mol. The molecule has 0 spiro atoms. The Kier molecular flexibility index (Phi) is 5.34. The lowest BCUT2D eigenvalue weighted by Crippen LogP contribution is -2.12. The van der Waals surface area contributed by atoms with Crippen LogP contribution in [-0.4, -0.2) is 35.4 Å². The summed E-state index contributed by atoms with van der Waals surface area (Å²) in [5.41, 5.74) is 2.92. The third-order valence-corrected chi connectivity index (χ3v) is 3.96. The van der Waals surface area contributed by atoms with Gasteiger partial charge in [-0.2, -0.15) is 4.98 Å².